The van der Waals surface area contributed by atoms with Crippen molar-refractivity contribution in [3.63, 3.8) is 0 Å². The number of ether oxygens (including phenoxy) is 1. The van der Waals surface area contributed by atoms with E-state index in [-0.39, 0.29) is 24.0 Å². The first-order chi connectivity index (χ1) is 9.08. The molecule has 0 aromatic carbocycles. The first-order valence-corrected chi connectivity index (χ1v) is 7.54. The van der Waals surface area contributed by atoms with Gasteiger partial charge in [0.1, 0.15) is 5.78 Å². The van der Waals surface area contributed by atoms with Crippen LogP contribution in [-0.4, -0.2) is 41.9 Å². The van der Waals surface area contributed by atoms with Crippen LogP contribution in [0, 0.1) is 5.92 Å². The maximum atomic E-state index is 11.9. The van der Waals surface area contributed by atoms with Crippen LogP contribution in [0.5, 0.6) is 0 Å². The van der Waals surface area contributed by atoms with Crippen molar-refractivity contribution in [1.82, 2.24) is 4.90 Å². The summed E-state index contributed by atoms with van der Waals surface area (Å²) in [6.07, 6.45) is 6.01. The zero-order valence-electron chi connectivity index (χ0n) is 12.1. The van der Waals surface area contributed by atoms with Gasteiger partial charge in [-0.2, -0.15) is 0 Å². The molecule has 108 valence electrons. The van der Waals surface area contributed by atoms with E-state index in [4.69, 9.17) is 4.74 Å². The van der Waals surface area contributed by atoms with Crippen LogP contribution in [0.1, 0.15) is 52.4 Å². The molecule has 0 radical (unpaired) electrons. The van der Waals surface area contributed by atoms with Gasteiger partial charge in [0.05, 0.1) is 12.6 Å². The molecular weight excluding hydrogens is 242 g/mol. The maximum Gasteiger partial charge on any atom is 0.320 e. The molecule has 2 unspecified atom stereocenters. The summed E-state index contributed by atoms with van der Waals surface area (Å²) < 4.78 is 5.23. The molecular formula is C15H25NO3. The van der Waals surface area contributed by atoms with Crippen molar-refractivity contribution in [2.75, 3.05) is 13.1 Å². The fourth-order valence-electron chi connectivity index (χ4n) is 3.38. The van der Waals surface area contributed by atoms with E-state index in [1.165, 1.54) is 6.42 Å². The van der Waals surface area contributed by atoms with E-state index in [2.05, 4.69) is 4.90 Å². The molecule has 19 heavy (non-hydrogen) atoms. The molecule has 1 heterocycles. The van der Waals surface area contributed by atoms with Gasteiger partial charge in [-0.1, -0.05) is 6.42 Å². The lowest BCUT2D eigenvalue weighted by Gasteiger charge is -2.38. The van der Waals surface area contributed by atoms with E-state index in [1.807, 2.05) is 13.8 Å². The number of hydrogen-bond donors (Lipinski definition) is 0. The minimum atomic E-state index is -0.160. The Morgan fingerprint density at radius 2 is 2.11 bits per heavy atom. The van der Waals surface area contributed by atoms with Gasteiger partial charge in [0, 0.05) is 18.4 Å². The van der Waals surface area contributed by atoms with Gasteiger partial charge in [0.15, 0.2) is 0 Å². The Balaban J connectivity index is 1.95. The third-order valence-electron chi connectivity index (χ3n) is 4.18. The van der Waals surface area contributed by atoms with Crippen molar-refractivity contribution in [3.05, 3.63) is 0 Å². The Hall–Kier alpha value is -0.900. The van der Waals surface area contributed by atoms with Crippen molar-refractivity contribution >= 4 is 11.8 Å². The normalized spacial score (nSPS) is 28.9. The van der Waals surface area contributed by atoms with Crippen molar-refractivity contribution in [2.45, 2.75) is 64.5 Å². The number of carbonyl (C=O) groups is 2. The number of likely N-dealkylation sites (tertiary alicyclic amines) is 1. The second-order valence-electron chi connectivity index (χ2n) is 6.04. The van der Waals surface area contributed by atoms with Gasteiger partial charge >= 0.3 is 5.97 Å². The molecule has 0 N–H and O–H groups in total. The largest absolute Gasteiger partial charge is 0.462 e. The molecule has 0 aromatic rings. The van der Waals surface area contributed by atoms with Crippen molar-refractivity contribution < 1.29 is 14.3 Å². The molecule has 1 aliphatic heterocycles. The lowest BCUT2D eigenvalue weighted by atomic mass is 9.88. The minimum Gasteiger partial charge on any atom is -0.462 e. The van der Waals surface area contributed by atoms with Crippen LogP contribution in [0.4, 0.5) is 0 Å². The monoisotopic (exact) mass is 267 g/mol. The lowest BCUT2D eigenvalue weighted by molar-refractivity contribution is -0.150. The molecule has 1 saturated heterocycles. The smallest absolute Gasteiger partial charge is 0.320 e. The van der Waals surface area contributed by atoms with Gasteiger partial charge in [-0.25, -0.2) is 0 Å². The van der Waals surface area contributed by atoms with Gasteiger partial charge in [-0.05, 0) is 46.1 Å². The van der Waals surface area contributed by atoms with Gasteiger partial charge in [-0.15, -0.1) is 0 Å². The third-order valence-corrected chi connectivity index (χ3v) is 4.18. The van der Waals surface area contributed by atoms with Crippen LogP contribution in [0.25, 0.3) is 0 Å². The van der Waals surface area contributed by atoms with E-state index >= 15 is 0 Å². The molecule has 0 amide bonds. The highest BCUT2D eigenvalue weighted by atomic mass is 16.5. The number of Topliss-reactive ketones (excluding diaryl/α,β-unsaturated/α-hetero) is 1. The molecule has 4 heteroatoms. The van der Waals surface area contributed by atoms with Crippen LogP contribution in [0.3, 0.4) is 0 Å². The number of rotatable bonds is 4. The number of carbonyl (C=O) groups excluding carboxylic acids is 2. The number of esters is 1. The van der Waals surface area contributed by atoms with E-state index < -0.39 is 0 Å². The topological polar surface area (TPSA) is 46.6 Å². The number of ketones is 1. The summed E-state index contributed by atoms with van der Waals surface area (Å²) in [6.45, 7) is 4.99. The van der Waals surface area contributed by atoms with E-state index in [0.29, 0.717) is 12.3 Å². The molecule has 0 bridgehead atoms. The van der Waals surface area contributed by atoms with Crippen LogP contribution in [0.15, 0.2) is 0 Å². The Labute approximate surface area is 115 Å². The summed E-state index contributed by atoms with van der Waals surface area (Å²) in [5.41, 5.74) is 0. The van der Waals surface area contributed by atoms with Crippen LogP contribution in [-0.2, 0) is 14.3 Å². The van der Waals surface area contributed by atoms with Crippen molar-refractivity contribution in [3.8, 4) is 0 Å². The van der Waals surface area contributed by atoms with Gasteiger partial charge in [0.2, 0.25) is 0 Å². The molecule has 0 spiro atoms. The fourth-order valence-corrected chi connectivity index (χ4v) is 3.38. The SMILES string of the molecule is CC(C)OC(=O)CN1CCCCC1C1CCCC1=O. The Morgan fingerprint density at radius 1 is 1.32 bits per heavy atom. The molecule has 1 aliphatic carbocycles. The van der Waals surface area contributed by atoms with E-state index in [0.717, 1.165) is 38.6 Å². The molecule has 1 saturated carbocycles. The summed E-state index contributed by atoms with van der Waals surface area (Å²) in [5.74, 6) is 0.397. The zero-order valence-corrected chi connectivity index (χ0v) is 12.1. The number of hydrogen-bond acceptors (Lipinski definition) is 4. The third kappa shape index (κ3) is 3.78. The summed E-state index contributed by atoms with van der Waals surface area (Å²) >= 11 is 0. The zero-order chi connectivity index (χ0) is 13.8. The summed E-state index contributed by atoms with van der Waals surface area (Å²) in [4.78, 5) is 25.9. The van der Waals surface area contributed by atoms with Crippen LogP contribution >= 0.6 is 0 Å². The average Bonchev–Trinajstić information content (AvgIpc) is 2.75. The maximum absolute atomic E-state index is 11.9. The number of piperidine rings is 1. The molecule has 0 aromatic heterocycles. The Kier molecular flexibility index (Phi) is 4.97. The van der Waals surface area contributed by atoms with Gasteiger partial charge in [-0.3, -0.25) is 14.5 Å². The number of nitrogens with zero attached hydrogens (tertiary/aromatic N) is 1. The minimum absolute atomic E-state index is 0.0659. The second kappa shape index (κ2) is 6.51. The highest BCUT2D eigenvalue weighted by molar-refractivity contribution is 5.83. The Bertz CT molecular complexity index is 340. The highest BCUT2D eigenvalue weighted by Crippen LogP contribution is 2.32. The first kappa shape index (κ1) is 14.5. The predicted molar refractivity (Wildman–Crippen MR) is 72.8 cm³/mol. The van der Waals surface area contributed by atoms with Crippen molar-refractivity contribution in [2.24, 2.45) is 5.92 Å². The first-order valence-electron chi connectivity index (χ1n) is 7.54. The fraction of sp³-hybridized carbons (Fsp3) is 0.867. The second-order valence-corrected chi connectivity index (χ2v) is 6.04. The van der Waals surface area contributed by atoms with Crippen LogP contribution < -0.4 is 0 Å². The molecule has 2 fully saturated rings. The van der Waals surface area contributed by atoms with E-state index in [9.17, 15) is 9.59 Å². The quantitative estimate of drug-likeness (QED) is 0.732. The highest BCUT2D eigenvalue weighted by Gasteiger charge is 2.37. The summed E-state index contributed by atoms with van der Waals surface area (Å²) in [7, 11) is 0. The Morgan fingerprint density at radius 3 is 2.74 bits per heavy atom. The predicted octanol–water partition coefficient (Wildman–Crippen LogP) is 2.16. The summed E-state index contributed by atoms with van der Waals surface area (Å²) in [6, 6.07) is 0.267. The molecule has 2 rings (SSSR count). The van der Waals surface area contributed by atoms with Gasteiger partial charge < -0.3 is 4.74 Å². The molecule has 2 aliphatic rings. The molecule has 4 nitrogen and oxygen atoms in total. The summed E-state index contributed by atoms with van der Waals surface area (Å²) in [5, 5.41) is 0. The van der Waals surface area contributed by atoms with Crippen molar-refractivity contribution in [1.29, 1.82) is 0 Å². The molecule has 2 atom stereocenters. The van der Waals surface area contributed by atoms with E-state index in [1.54, 1.807) is 0 Å². The average molecular weight is 267 g/mol. The lowest BCUT2D eigenvalue weighted by Crippen LogP contribution is -2.48. The van der Waals surface area contributed by atoms with Gasteiger partial charge in [0.25, 0.3) is 0 Å². The standard InChI is InChI=1S/C15H25NO3/c1-11(2)19-15(18)10-16-9-4-3-7-13(16)12-6-5-8-14(12)17/h11-13H,3-10H2,1-2H3. The van der Waals surface area contributed by atoms with Crippen LogP contribution in [0.2, 0.25) is 0 Å².